The second kappa shape index (κ2) is 6.68. The Morgan fingerprint density at radius 1 is 1.38 bits per heavy atom. The van der Waals surface area contributed by atoms with Crippen molar-refractivity contribution in [1.29, 1.82) is 0 Å². The zero-order valence-electron chi connectivity index (χ0n) is 13.9. The van der Waals surface area contributed by atoms with Crippen molar-refractivity contribution in [3.63, 3.8) is 0 Å². The standard InChI is InChI=1S/C17H20N2O4S/c1-4-21-16(20)14-10(2)19(3)17(24)18-15(14)11-5-6-12-13(9-11)23-8-7-22-12/h5-6,9,15H,4,7-8H2,1-3H3,(H,18,24). The molecule has 1 N–H and O–H groups in total. The Kier molecular flexibility index (Phi) is 4.62. The quantitative estimate of drug-likeness (QED) is 0.663. The molecular weight excluding hydrogens is 328 g/mol. The Bertz CT molecular complexity index is 717. The van der Waals surface area contributed by atoms with Gasteiger partial charge in [-0.05, 0) is 43.8 Å². The van der Waals surface area contributed by atoms with Crippen molar-refractivity contribution in [2.45, 2.75) is 19.9 Å². The molecule has 0 saturated heterocycles. The SMILES string of the molecule is CCOC(=O)C1=C(C)N(C)C(=S)NC1c1ccc2c(c1)OCCO2. The van der Waals surface area contributed by atoms with Crippen LogP contribution in [-0.4, -0.2) is 42.8 Å². The van der Waals surface area contributed by atoms with Gasteiger partial charge in [-0.2, -0.15) is 0 Å². The summed E-state index contributed by atoms with van der Waals surface area (Å²) in [5.41, 5.74) is 2.19. The average molecular weight is 348 g/mol. The first-order valence-electron chi connectivity index (χ1n) is 7.84. The molecule has 128 valence electrons. The van der Waals surface area contributed by atoms with E-state index in [1.165, 1.54) is 0 Å². The van der Waals surface area contributed by atoms with Gasteiger partial charge in [-0.15, -0.1) is 0 Å². The van der Waals surface area contributed by atoms with Crippen LogP contribution in [0.1, 0.15) is 25.5 Å². The van der Waals surface area contributed by atoms with Gasteiger partial charge in [0.2, 0.25) is 0 Å². The summed E-state index contributed by atoms with van der Waals surface area (Å²) in [5, 5.41) is 3.77. The molecule has 0 amide bonds. The summed E-state index contributed by atoms with van der Waals surface area (Å²) in [6.07, 6.45) is 0. The van der Waals surface area contributed by atoms with E-state index in [2.05, 4.69) is 5.32 Å². The normalized spacial score (nSPS) is 19.9. The highest BCUT2D eigenvalue weighted by atomic mass is 32.1. The summed E-state index contributed by atoms with van der Waals surface area (Å²) in [6.45, 7) is 5.02. The van der Waals surface area contributed by atoms with Gasteiger partial charge < -0.3 is 24.4 Å². The van der Waals surface area contributed by atoms with E-state index in [0.29, 0.717) is 42.0 Å². The minimum Gasteiger partial charge on any atom is -0.486 e. The molecule has 0 spiro atoms. The second-order valence-corrected chi connectivity index (χ2v) is 5.95. The Labute approximate surface area is 146 Å². The Balaban J connectivity index is 2.03. The summed E-state index contributed by atoms with van der Waals surface area (Å²) in [7, 11) is 1.82. The van der Waals surface area contributed by atoms with Gasteiger partial charge >= 0.3 is 5.97 Å². The molecular formula is C17H20N2O4S. The lowest BCUT2D eigenvalue weighted by Crippen LogP contribution is -2.46. The molecule has 2 aliphatic heterocycles. The predicted octanol–water partition coefficient (Wildman–Crippen LogP) is 2.16. The van der Waals surface area contributed by atoms with Crippen molar-refractivity contribution in [2.24, 2.45) is 0 Å². The summed E-state index contributed by atoms with van der Waals surface area (Å²) < 4.78 is 16.4. The van der Waals surface area contributed by atoms with Gasteiger partial charge in [-0.1, -0.05) is 6.07 Å². The maximum atomic E-state index is 12.5. The van der Waals surface area contributed by atoms with E-state index in [-0.39, 0.29) is 12.0 Å². The summed E-state index contributed by atoms with van der Waals surface area (Å²) in [4.78, 5) is 14.3. The smallest absolute Gasteiger partial charge is 0.338 e. The molecule has 1 aromatic rings. The molecule has 2 heterocycles. The third-order valence-corrected chi connectivity index (χ3v) is 4.54. The summed E-state index contributed by atoms with van der Waals surface area (Å²) in [5.74, 6) is 1.03. The summed E-state index contributed by atoms with van der Waals surface area (Å²) >= 11 is 5.38. The van der Waals surface area contributed by atoms with Gasteiger partial charge in [-0.3, -0.25) is 0 Å². The van der Waals surface area contributed by atoms with Crippen LogP contribution in [-0.2, 0) is 9.53 Å². The number of rotatable bonds is 3. The number of esters is 1. The van der Waals surface area contributed by atoms with Crippen LogP contribution in [0.2, 0.25) is 0 Å². The van der Waals surface area contributed by atoms with E-state index in [1.54, 1.807) is 11.8 Å². The van der Waals surface area contributed by atoms with Crippen molar-refractivity contribution in [2.75, 3.05) is 26.9 Å². The Morgan fingerprint density at radius 3 is 2.79 bits per heavy atom. The maximum absolute atomic E-state index is 12.5. The number of carbonyl (C=O) groups excluding carboxylic acids is 1. The maximum Gasteiger partial charge on any atom is 0.338 e. The van der Waals surface area contributed by atoms with Crippen LogP contribution in [0, 0.1) is 0 Å². The number of nitrogens with zero attached hydrogens (tertiary/aromatic N) is 1. The zero-order valence-corrected chi connectivity index (χ0v) is 14.7. The van der Waals surface area contributed by atoms with Crippen LogP contribution in [0.25, 0.3) is 0 Å². The van der Waals surface area contributed by atoms with E-state index >= 15 is 0 Å². The second-order valence-electron chi connectivity index (χ2n) is 5.56. The number of nitrogens with one attached hydrogen (secondary N) is 1. The van der Waals surface area contributed by atoms with Crippen molar-refractivity contribution >= 4 is 23.3 Å². The van der Waals surface area contributed by atoms with Crippen molar-refractivity contribution in [1.82, 2.24) is 10.2 Å². The minimum atomic E-state index is -0.386. The molecule has 1 aromatic carbocycles. The van der Waals surface area contributed by atoms with E-state index in [4.69, 9.17) is 26.4 Å². The third kappa shape index (κ3) is 2.91. The molecule has 7 heteroatoms. The lowest BCUT2D eigenvalue weighted by atomic mass is 9.95. The fourth-order valence-electron chi connectivity index (χ4n) is 2.80. The van der Waals surface area contributed by atoms with E-state index < -0.39 is 0 Å². The number of benzene rings is 1. The lowest BCUT2D eigenvalue weighted by Gasteiger charge is -2.35. The molecule has 0 radical (unpaired) electrons. The first-order chi connectivity index (χ1) is 11.5. The van der Waals surface area contributed by atoms with Crippen LogP contribution >= 0.6 is 12.2 Å². The lowest BCUT2D eigenvalue weighted by molar-refractivity contribution is -0.139. The first kappa shape index (κ1) is 16.6. The number of allylic oxidation sites excluding steroid dienone is 1. The van der Waals surface area contributed by atoms with Gasteiger partial charge in [0.25, 0.3) is 0 Å². The molecule has 24 heavy (non-hydrogen) atoms. The van der Waals surface area contributed by atoms with Crippen LogP contribution in [0.4, 0.5) is 0 Å². The van der Waals surface area contributed by atoms with Gasteiger partial charge in [0.05, 0.1) is 18.2 Å². The van der Waals surface area contributed by atoms with Gasteiger partial charge in [0.1, 0.15) is 13.2 Å². The number of thiocarbonyl (C=S) groups is 1. The van der Waals surface area contributed by atoms with Crippen molar-refractivity contribution < 1.29 is 19.0 Å². The molecule has 2 aliphatic rings. The molecule has 3 rings (SSSR count). The van der Waals surface area contributed by atoms with E-state index in [0.717, 1.165) is 11.3 Å². The first-order valence-corrected chi connectivity index (χ1v) is 8.25. The van der Waals surface area contributed by atoms with E-state index in [1.807, 2.05) is 32.2 Å². The van der Waals surface area contributed by atoms with Crippen LogP contribution in [0.5, 0.6) is 11.5 Å². The average Bonchev–Trinajstić information content (AvgIpc) is 2.59. The number of hydrogen-bond acceptors (Lipinski definition) is 5. The fraction of sp³-hybridized carbons (Fsp3) is 0.412. The topological polar surface area (TPSA) is 60.0 Å². The molecule has 0 fully saturated rings. The number of carbonyl (C=O) groups is 1. The highest BCUT2D eigenvalue weighted by molar-refractivity contribution is 7.80. The van der Waals surface area contributed by atoms with Gasteiger partial charge in [-0.25, -0.2) is 4.79 Å². The minimum absolute atomic E-state index is 0.317. The van der Waals surface area contributed by atoms with Crippen LogP contribution in [0.3, 0.4) is 0 Å². The molecule has 6 nitrogen and oxygen atoms in total. The van der Waals surface area contributed by atoms with Crippen LogP contribution < -0.4 is 14.8 Å². The highest BCUT2D eigenvalue weighted by Crippen LogP contribution is 2.37. The van der Waals surface area contributed by atoms with Crippen molar-refractivity contribution in [3.05, 3.63) is 35.0 Å². The molecule has 1 atom stereocenters. The zero-order chi connectivity index (χ0) is 17.3. The van der Waals surface area contributed by atoms with Gasteiger partial charge in [0, 0.05) is 12.7 Å². The van der Waals surface area contributed by atoms with E-state index in [9.17, 15) is 4.79 Å². The number of ether oxygens (including phenoxy) is 3. The third-order valence-electron chi connectivity index (χ3n) is 4.15. The molecule has 0 aliphatic carbocycles. The van der Waals surface area contributed by atoms with Crippen LogP contribution in [0.15, 0.2) is 29.5 Å². The number of hydrogen-bond donors (Lipinski definition) is 1. The molecule has 1 unspecified atom stereocenters. The Hall–Kier alpha value is -2.28. The molecule has 0 aromatic heterocycles. The molecule has 0 saturated carbocycles. The summed E-state index contributed by atoms with van der Waals surface area (Å²) in [6, 6.07) is 5.26. The van der Waals surface area contributed by atoms with Gasteiger partial charge in [0.15, 0.2) is 16.6 Å². The monoisotopic (exact) mass is 348 g/mol. The molecule has 0 bridgehead atoms. The predicted molar refractivity (Wildman–Crippen MR) is 93.0 cm³/mol. The largest absolute Gasteiger partial charge is 0.486 e. The number of fused-ring (bicyclic) bond motifs is 1. The highest BCUT2D eigenvalue weighted by Gasteiger charge is 2.34. The fourth-order valence-corrected chi connectivity index (χ4v) is 3.05. The van der Waals surface area contributed by atoms with Crippen molar-refractivity contribution in [3.8, 4) is 11.5 Å². The Morgan fingerprint density at radius 2 is 2.08 bits per heavy atom.